The number of aliphatic hydroxyl groups is 2. The molecule has 0 bridgehead atoms. The first-order valence-electron chi connectivity index (χ1n) is 5.22. The van der Waals surface area contributed by atoms with Crippen LogP contribution in [0.4, 0.5) is 0 Å². The van der Waals surface area contributed by atoms with Crippen molar-refractivity contribution < 1.29 is 14.9 Å². The topological polar surface area (TPSA) is 105 Å². The molecule has 0 radical (unpaired) electrons. The summed E-state index contributed by atoms with van der Waals surface area (Å²) < 4.78 is 6.43. The zero-order valence-corrected chi connectivity index (χ0v) is 9.55. The van der Waals surface area contributed by atoms with Gasteiger partial charge < -0.3 is 14.9 Å². The highest BCUT2D eigenvalue weighted by Gasteiger charge is 2.06. The first-order chi connectivity index (χ1) is 8.08. The number of hydrogen-bond acceptors (Lipinski definition) is 5. The van der Waals surface area contributed by atoms with E-state index in [-0.39, 0.29) is 26.4 Å². The van der Waals surface area contributed by atoms with Gasteiger partial charge >= 0.3 is 5.69 Å². The van der Waals surface area contributed by atoms with Gasteiger partial charge in [0.1, 0.15) is 6.10 Å². The van der Waals surface area contributed by atoms with E-state index >= 15 is 0 Å². The van der Waals surface area contributed by atoms with E-state index in [4.69, 9.17) is 14.9 Å². The number of nitrogens with zero attached hydrogens (tertiary/aromatic N) is 1. The summed E-state index contributed by atoms with van der Waals surface area (Å²) in [6.45, 7) is 1.44. The first-order valence-corrected chi connectivity index (χ1v) is 5.22. The van der Waals surface area contributed by atoms with E-state index < -0.39 is 17.4 Å². The Morgan fingerprint density at radius 3 is 2.65 bits per heavy atom. The molecule has 0 aromatic carbocycles. The molecule has 1 heterocycles. The van der Waals surface area contributed by atoms with Gasteiger partial charge in [-0.05, 0) is 6.92 Å². The fourth-order valence-corrected chi connectivity index (χ4v) is 1.27. The predicted octanol–water partition coefficient (Wildman–Crippen LogP) is -1.79. The molecule has 96 valence electrons. The van der Waals surface area contributed by atoms with Crippen molar-refractivity contribution in [2.24, 2.45) is 0 Å². The summed E-state index contributed by atoms with van der Waals surface area (Å²) >= 11 is 0. The van der Waals surface area contributed by atoms with Crippen molar-refractivity contribution >= 4 is 0 Å². The van der Waals surface area contributed by atoms with Gasteiger partial charge in [0.15, 0.2) is 0 Å². The van der Waals surface area contributed by atoms with E-state index in [1.165, 1.54) is 10.8 Å². The van der Waals surface area contributed by atoms with Crippen LogP contribution in [-0.2, 0) is 11.3 Å². The van der Waals surface area contributed by atoms with Gasteiger partial charge in [0, 0.05) is 11.8 Å². The Hall–Kier alpha value is -1.44. The Bertz CT molecular complexity index is 460. The van der Waals surface area contributed by atoms with Gasteiger partial charge in [0.05, 0.1) is 26.4 Å². The Morgan fingerprint density at radius 1 is 1.41 bits per heavy atom. The Morgan fingerprint density at radius 2 is 2.06 bits per heavy atom. The summed E-state index contributed by atoms with van der Waals surface area (Å²) in [4.78, 5) is 24.6. The van der Waals surface area contributed by atoms with Gasteiger partial charge in [-0.15, -0.1) is 0 Å². The third-order valence-electron chi connectivity index (χ3n) is 2.28. The lowest BCUT2D eigenvalue weighted by Gasteiger charge is -2.13. The highest BCUT2D eigenvalue weighted by atomic mass is 16.5. The molecule has 17 heavy (non-hydrogen) atoms. The minimum absolute atomic E-state index is 0.164. The van der Waals surface area contributed by atoms with Crippen LogP contribution in [0.1, 0.15) is 5.56 Å². The molecular formula is C10H16N2O5. The Labute approximate surface area is 97.3 Å². The number of aliphatic hydroxyl groups excluding tert-OH is 2. The standard InChI is InChI=1S/C10H16N2O5/c1-7-4-12(10(16)11-9(7)15)2-3-17-8(5-13)6-14/h4,8,13-14H,2-3,5-6H2,1H3,(H,11,15,16). The van der Waals surface area contributed by atoms with Gasteiger partial charge in [-0.3, -0.25) is 14.3 Å². The highest BCUT2D eigenvalue weighted by molar-refractivity contribution is 5.00. The molecular weight excluding hydrogens is 228 g/mol. The predicted molar refractivity (Wildman–Crippen MR) is 60.0 cm³/mol. The summed E-state index contributed by atoms with van der Waals surface area (Å²) in [5.74, 6) is 0. The van der Waals surface area contributed by atoms with Crippen LogP contribution in [0.3, 0.4) is 0 Å². The van der Waals surface area contributed by atoms with Crippen LogP contribution < -0.4 is 11.2 Å². The average molecular weight is 244 g/mol. The van der Waals surface area contributed by atoms with Crippen LogP contribution in [0.2, 0.25) is 0 Å². The van der Waals surface area contributed by atoms with E-state index in [1.807, 2.05) is 0 Å². The van der Waals surface area contributed by atoms with Crippen LogP contribution in [0.15, 0.2) is 15.8 Å². The van der Waals surface area contributed by atoms with Crippen LogP contribution in [0.25, 0.3) is 0 Å². The minimum Gasteiger partial charge on any atom is -0.394 e. The minimum atomic E-state index is -0.644. The molecule has 7 nitrogen and oxygen atoms in total. The van der Waals surface area contributed by atoms with Crippen molar-refractivity contribution in [3.05, 3.63) is 32.6 Å². The SMILES string of the molecule is Cc1cn(CCOC(CO)CO)c(=O)[nH]c1=O. The Balaban J connectivity index is 2.61. The molecule has 1 aromatic heterocycles. The van der Waals surface area contributed by atoms with Gasteiger partial charge in [-0.1, -0.05) is 0 Å². The molecule has 0 aliphatic rings. The molecule has 0 amide bonds. The molecule has 3 N–H and O–H groups in total. The number of aromatic amines is 1. The van der Waals surface area contributed by atoms with Crippen LogP contribution in [0.5, 0.6) is 0 Å². The number of nitrogens with one attached hydrogen (secondary N) is 1. The molecule has 0 aliphatic carbocycles. The maximum Gasteiger partial charge on any atom is 0.328 e. The largest absolute Gasteiger partial charge is 0.394 e. The molecule has 0 spiro atoms. The van der Waals surface area contributed by atoms with Crippen molar-refractivity contribution in [2.45, 2.75) is 19.6 Å². The fourth-order valence-electron chi connectivity index (χ4n) is 1.27. The molecule has 0 aliphatic heterocycles. The second-order valence-corrected chi connectivity index (χ2v) is 3.62. The van der Waals surface area contributed by atoms with Crippen molar-refractivity contribution in [3.63, 3.8) is 0 Å². The average Bonchev–Trinajstić information content (AvgIpc) is 2.31. The van der Waals surface area contributed by atoms with Crippen molar-refractivity contribution in [3.8, 4) is 0 Å². The highest BCUT2D eigenvalue weighted by Crippen LogP contribution is 1.91. The molecule has 0 atom stereocenters. The van der Waals surface area contributed by atoms with Gasteiger partial charge in [0.2, 0.25) is 0 Å². The number of hydrogen-bond donors (Lipinski definition) is 3. The smallest absolute Gasteiger partial charge is 0.328 e. The number of rotatable bonds is 6. The normalized spacial score (nSPS) is 11.1. The van der Waals surface area contributed by atoms with Gasteiger partial charge in [-0.2, -0.15) is 0 Å². The van der Waals surface area contributed by atoms with Crippen LogP contribution >= 0.6 is 0 Å². The number of aromatic nitrogens is 2. The zero-order valence-electron chi connectivity index (χ0n) is 9.55. The van der Waals surface area contributed by atoms with Gasteiger partial charge in [-0.25, -0.2) is 4.79 Å². The third kappa shape index (κ3) is 3.81. The van der Waals surface area contributed by atoms with Gasteiger partial charge in [0.25, 0.3) is 5.56 Å². The van der Waals surface area contributed by atoms with Crippen LogP contribution in [-0.4, -0.2) is 45.7 Å². The summed E-state index contributed by atoms with van der Waals surface area (Å²) in [5.41, 5.74) is -0.477. The first kappa shape index (κ1) is 13.6. The fraction of sp³-hybridized carbons (Fsp3) is 0.600. The lowest BCUT2D eigenvalue weighted by Crippen LogP contribution is -2.33. The zero-order chi connectivity index (χ0) is 12.8. The molecule has 0 saturated heterocycles. The third-order valence-corrected chi connectivity index (χ3v) is 2.28. The molecule has 0 saturated carbocycles. The Kier molecular flexibility index (Phi) is 5.08. The summed E-state index contributed by atoms with van der Waals surface area (Å²) in [7, 11) is 0. The molecule has 7 heteroatoms. The molecule has 1 rings (SSSR count). The van der Waals surface area contributed by atoms with E-state index in [9.17, 15) is 9.59 Å². The molecule has 0 unspecified atom stereocenters. The molecule has 0 fully saturated rings. The van der Waals surface area contributed by atoms with E-state index in [0.717, 1.165) is 0 Å². The maximum atomic E-state index is 11.4. The van der Waals surface area contributed by atoms with E-state index in [0.29, 0.717) is 5.56 Å². The molecule has 1 aromatic rings. The quantitative estimate of drug-likeness (QED) is 0.548. The summed E-state index contributed by atoms with van der Waals surface area (Å²) in [6.07, 6.45) is 0.798. The second kappa shape index (κ2) is 6.33. The monoisotopic (exact) mass is 244 g/mol. The summed E-state index contributed by atoms with van der Waals surface area (Å²) in [6, 6.07) is 0. The number of ether oxygens (including phenoxy) is 1. The van der Waals surface area contributed by atoms with Crippen LogP contribution in [0, 0.1) is 6.92 Å². The van der Waals surface area contributed by atoms with Crippen molar-refractivity contribution in [1.29, 1.82) is 0 Å². The lowest BCUT2D eigenvalue weighted by molar-refractivity contribution is -0.0226. The lowest BCUT2D eigenvalue weighted by atomic mass is 10.4. The van der Waals surface area contributed by atoms with E-state index in [1.54, 1.807) is 6.92 Å². The summed E-state index contributed by atoms with van der Waals surface area (Å²) in [5, 5.41) is 17.5. The maximum absolute atomic E-state index is 11.4. The van der Waals surface area contributed by atoms with Crippen molar-refractivity contribution in [1.82, 2.24) is 9.55 Å². The van der Waals surface area contributed by atoms with Crippen molar-refractivity contribution in [2.75, 3.05) is 19.8 Å². The number of aryl methyl sites for hydroxylation is 1. The number of H-pyrrole nitrogens is 1. The van der Waals surface area contributed by atoms with E-state index in [2.05, 4.69) is 4.98 Å². The second-order valence-electron chi connectivity index (χ2n) is 3.62.